The van der Waals surface area contributed by atoms with Crippen LogP contribution >= 0.6 is 0 Å². The molecule has 2 aromatic heterocycles. The number of aromatic nitrogens is 2. The first kappa shape index (κ1) is 11.1. The SMILES string of the molecule is CCNc1nc(-c2ccncc2)ccc1C#N. The fourth-order valence-electron chi connectivity index (χ4n) is 1.54. The lowest BCUT2D eigenvalue weighted by molar-refractivity contribution is 1.15. The molecule has 1 N–H and O–H groups in total. The first-order chi connectivity index (χ1) is 8.35. The summed E-state index contributed by atoms with van der Waals surface area (Å²) >= 11 is 0. The van der Waals surface area contributed by atoms with E-state index in [9.17, 15) is 0 Å². The van der Waals surface area contributed by atoms with Crippen LogP contribution in [0, 0.1) is 11.3 Å². The molecule has 2 rings (SSSR count). The summed E-state index contributed by atoms with van der Waals surface area (Å²) in [6.45, 7) is 2.71. The number of anilines is 1. The number of nitriles is 1. The highest BCUT2D eigenvalue weighted by molar-refractivity contribution is 5.64. The van der Waals surface area contributed by atoms with E-state index in [2.05, 4.69) is 21.4 Å². The van der Waals surface area contributed by atoms with Gasteiger partial charge >= 0.3 is 0 Å². The molecule has 2 aromatic rings. The molecule has 4 nitrogen and oxygen atoms in total. The summed E-state index contributed by atoms with van der Waals surface area (Å²) in [4.78, 5) is 8.41. The molecule has 0 aromatic carbocycles. The van der Waals surface area contributed by atoms with E-state index < -0.39 is 0 Å². The van der Waals surface area contributed by atoms with Crippen LogP contribution in [0.4, 0.5) is 5.82 Å². The third kappa shape index (κ3) is 2.40. The minimum absolute atomic E-state index is 0.560. The molecule has 0 aliphatic carbocycles. The van der Waals surface area contributed by atoms with Crippen molar-refractivity contribution >= 4 is 5.82 Å². The van der Waals surface area contributed by atoms with E-state index in [0.29, 0.717) is 11.4 Å². The molecule has 0 aliphatic rings. The van der Waals surface area contributed by atoms with E-state index in [-0.39, 0.29) is 0 Å². The monoisotopic (exact) mass is 224 g/mol. The Morgan fingerprint density at radius 1 is 1.24 bits per heavy atom. The average Bonchev–Trinajstić information content (AvgIpc) is 2.40. The summed E-state index contributed by atoms with van der Waals surface area (Å²) in [6, 6.07) is 9.53. The van der Waals surface area contributed by atoms with Gasteiger partial charge in [-0.25, -0.2) is 4.98 Å². The highest BCUT2D eigenvalue weighted by Gasteiger charge is 2.05. The van der Waals surface area contributed by atoms with Crippen molar-refractivity contribution in [2.24, 2.45) is 0 Å². The lowest BCUT2D eigenvalue weighted by atomic mass is 10.1. The Morgan fingerprint density at radius 3 is 2.65 bits per heavy atom. The van der Waals surface area contributed by atoms with E-state index in [1.54, 1.807) is 18.5 Å². The molecule has 17 heavy (non-hydrogen) atoms. The number of hydrogen-bond donors (Lipinski definition) is 1. The second kappa shape index (κ2) is 5.08. The minimum Gasteiger partial charge on any atom is -0.369 e. The first-order valence-electron chi connectivity index (χ1n) is 5.40. The highest BCUT2D eigenvalue weighted by atomic mass is 15.0. The van der Waals surface area contributed by atoms with Gasteiger partial charge < -0.3 is 5.32 Å². The zero-order valence-corrected chi connectivity index (χ0v) is 9.51. The Labute approximate surface area is 100.0 Å². The van der Waals surface area contributed by atoms with Crippen molar-refractivity contribution in [2.75, 3.05) is 11.9 Å². The first-order valence-corrected chi connectivity index (χ1v) is 5.40. The van der Waals surface area contributed by atoms with Gasteiger partial charge in [0, 0.05) is 24.5 Å². The maximum atomic E-state index is 8.97. The van der Waals surface area contributed by atoms with Crippen LogP contribution in [0.1, 0.15) is 12.5 Å². The van der Waals surface area contributed by atoms with Crippen molar-refractivity contribution in [2.45, 2.75) is 6.92 Å². The molecule has 4 heteroatoms. The number of nitrogens with one attached hydrogen (secondary N) is 1. The molecular weight excluding hydrogens is 212 g/mol. The lowest BCUT2D eigenvalue weighted by Crippen LogP contribution is -2.02. The summed E-state index contributed by atoms with van der Waals surface area (Å²) in [6.07, 6.45) is 3.45. The third-order valence-corrected chi connectivity index (χ3v) is 2.34. The molecular formula is C13H12N4. The Kier molecular flexibility index (Phi) is 3.31. The molecule has 84 valence electrons. The smallest absolute Gasteiger partial charge is 0.144 e. The average molecular weight is 224 g/mol. The molecule has 0 spiro atoms. The summed E-state index contributed by atoms with van der Waals surface area (Å²) in [5.41, 5.74) is 2.38. The molecule has 0 saturated heterocycles. The summed E-state index contributed by atoms with van der Waals surface area (Å²) in [7, 11) is 0. The predicted octanol–water partition coefficient (Wildman–Crippen LogP) is 2.45. The van der Waals surface area contributed by atoms with Crippen LogP contribution in [0.15, 0.2) is 36.7 Å². The van der Waals surface area contributed by atoms with Crippen LogP contribution in [0.5, 0.6) is 0 Å². The van der Waals surface area contributed by atoms with E-state index in [1.807, 2.05) is 25.1 Å². The number of nitrogens with zero attached hydrogens (tertiary/aromatic N) is 3. The topological polar surface area (TPSA) is 61.6 Å². The predicted molar refractivity (Wildman–Crippen MR) is 66.3 cm³/mol. The molecule has 0 saturated carbocycles. The second-order valence-corrected chi connectivity index (χ2v) is 3.47. The van der Waals surface area contributed by atoms with Crippen LogP contribution in [0.25, 0.3) is 11.3 Å². The Hall–Kier alpha value is -2.41. The molecule has 0 bridgehead atoms. The van der Waals surface area contributed by atoms with Crippen molar-refractivity contribution < 1.29 is 0 Å². The fraction of sp³-hybridized carbons (Fsp3) is 0.154. The van der Waals surface area contributed by atoms with Gasteiger partial charge in [0.1, 0.15) is 11.9 Å². The maximum Gasteiger partial charge on any atom is 0.144 e. The van der Waals surface area contributed by atoms with Crippen LogP contribution in [-0.4, -0.2) is 16.5 Å². The normalized spacial score (nSPS) is 9.65. The van der Waals surface area contributed by atoms with E-state index >= 15 is 0 Å². The number of pyridine rings is 2. The molecule has 0 unspecified atom stereocenters. The van der Waals surface area contributed by atoms with Crippen molar-refractivity contribution in [3.63, 3.8) is 0 Å². The largest absolute Gasteiger partial charge is 0.369 e. The lowest BCUT2D eigenvalue weighted by Gasteiger charge is -2.07. The zero-order chi connectivity index (χ0) is 12.1. The van der Waals surface area contributed by atoms with Gasteiger partial charge in [0.05, 0.1) is 11.3 Å². The summed E-state index contributed by atoms with van der Waals surface area (Å²) < 4.78 is 0. The van der Waals surface area contributed by atoms with Gasteiger partial charge in [0.25, 0.3) is 0 Å². The van der Waals surface area contributed by atoms with Crippen molar-refractivity contribution in [1.29, 1.82) is 5.26 Å². The van der Waals surface area contributed by atoms with Gasteiger partial charge in [0.2, 0.25) is 0 Å². The molecule has 0 amide bonds. The van der Waals surface area contributed by atoms with E-state index in [4.69, 9.17) is 5.26 Å². The Balaban J connectivity index is 2.45. The maximum absolute atomic E-state index is 8.97. The Bertz CT molecular complexity index is 543. The highest BCUT2D eigenvalue weighted by Crippen LogP contribution is 2.20. The van der Waals surface area contributed by atoms with E-state index in [1.165, 1.54) is 0 Å². The zero-order valence-electron chi connectivity index (χ0n) is 9.51. The molecule has 0 radical (unpaired) electrons. The van der Waals surface area contributed by atoms with Gasteiger partial charge in [-0.2, -0.15) is 5.26 Å². The van der Waals surface area contributed by atoms with E-state index in [0.717, 1.165) is 17.8 Å². The summed E-state index contributed by atoms with van der Waals surface area (Å²) in [5, 5.41) is 12.1. The van der Waals surface area contributed by atoms with Crippen molar-refractivity contribution in [3.05, 3.63) is 42.2 Å². The van der Waals surface area contributed by atoms with Gasteiger partial charge in [0.15, 0.2) is 0 Å². The minimum atomic E-state index is 0.560. The standard InChI is InChI=1S/C13H12N4/c1-2-16-13-11(9-14)3-4-12(17-13)10-5-7-15-8-6-10/h3-8H,2H2,1H3,(H,16,17). The van der Waals surface area contributed by atoms with Crippen LogP contribution in [-0.2, 0) is 0 Å². The molecule has 0 fully saturated rings. The third-order valence-electron chi connectivity index (χ3n) is 2.34. The molecule has 0 aliphatic heterocycles. The van der Waals surface area contributed by atoms with Gasteiger partial charge in [-0.1, -0.05) is 0 Å². The van der Waals surface area contributed by atoms with Crippen LogP contribution in [0.2, 0.25) is 0 Å². The second-order valence-electron chi connectivity index (χ2n) is 3.47. The van der Waals surface area contributed by atoms with Gasteiger partial charge in [-0.3, -0.25) is 4.98 Å². The molecule has 0 atom stereocenters. The van der Waals surface area contributed by atoms with Crippen molar-refractivity contribution in [3.8, 4) is 17.3 Å². The quantitative estimate of drug-likeness (QED) is 0.869. The van der Waals surface area contributed by atoms with Crippen molar-refractivity contribution in [1.82, 2.24) is 9.97 Å². The summed E-state index contributed by atoms with van der Waals surface area (Å²) in [5.74, 6) is 0.629. The van der Waals surface area contributed by atoms with Crippen LogP contribution in [0.3, 0.4) is 0 Å². The molecule has 2 heterocycles. The Morgan fingerprint density at radius 2 is 2.00 bits per heavy atom. The van der Waals surface area contributed by atoms with Gasteiger partial charge in [-0.05, 0) is 31.2 Å². The fourth-order valence-corrected chi connectivity index (χ4v) is 1.54. The van der Waals surface area contributed by atoms with Gasteiger partial charge in [-0.15, -0.1) is 0 Å². The number of hydrogen-bond acceptors (Lipinski definition) is 4. The number of rotatable bonds is 3. The van der Waals surface area contributed by atoms with Crippen LogP contribution < -0.4 is 5.32 Å².